The van der Waals surface area contributed by atoms with Gasteiger partial charge in [-0.3, -0.25) is 4.79 Å². The second-order valence-electron chi connectivity index (χ2n) is 4.56. The average molecular weight is 253 g/mol. The summed E-state index contributed by atoms with van der Waals surface area (Å²) in [7, 11) is 2.09. The van der Waals surface area contributed by atoms with Crippen LogP contribution in [-0.2, 0) is 0 Å². The van der Waals surface area contributed by atoms with E-state index in [-0.39, 0.29) is 5.91 Å². The highest BCUT2D eigenvalue weighted by Crippen LogP contribution is 2.18. The Labute approximate surface area is 107 Å². The first kappa shape index (κ1) is 12.4. The zero-order valence-corrected chi connectivity index (χ0v) is 10.9. The highest BCUT2D eigenvalue weighted by Gasteiger charge is 2.25. The van der Waals surface area contributed by atoms with Crippen molar-refractivity contribution in [3.05, 3.63) is 34.9 Å². The normalized spacial score (nSPS) is 21.6. The molecule has 1 fully saturated rings. The van der Waals surface area contributed by atoms with Crippen LogP contribution in [0.1, 0.15) is 17.3 Å². The molecule has 1 heterocycles. The Bertz CT molecular complexity index is 422. The van der Waals surface area contributed by atoms with Gasteiger partial charge in [0.05, 0.1) is 10.6 Å². The summed E-state index contributed by atoms with van der Waals surface area (Å²) in [5, 5.41) is 0.532. The second-order valence-corrected chi connectivity index (χ2v) is 4.97. The lowest BCUT2D eigenvalue weighted by molar-refractivity contribution is 0.0572. The molecule has 4 heteroatoms. The number of hydrogen-bond donors (Lipinski definition) is 0. The number of likely N-dealkylation sites (N-methyl/N-ethyl adjacent to an activating group) is 1. The van der Waals surface area contributed by atoms with E-state index in [0.29, 0.717) is 16.6 Å². The van der Waals surface area contributed by atoms with Gasteiger partial charge in [0.15, 0.2) is 0 Å². The lowest BCUT2D eigenvalue weighted by Crippen LogP contribution is -2.52. The fraction of sp³-hybridized carbons (Fsp3) is 0.462. The van der Waals surface area contributed by atoms with Crippen LogP contribution in [0, 0.1) is 0 Å². The minimum atomic E-state index is 0.0375. The molecule has 1 unspecified atom stereocenters. The molecule has 1 atom stereocenters. The van der Waals surface area contributed by atoms with Crippen LogP contribution in [0.3, 0.4) is 0 Å². The molecule has 1 saturated heterocycles. The SMILES string of the molecule is CC1CN(C(=O)c2ccccc2Cl)CCN1C. The van der Waals surface area contributed by atoms with Gasteiger partial charge in [-0.2, -0.15) is 0 Å². The minimum Gasteiger partial charge on any atom is -0.336 e. The summed E-state index contributed by atoms with van der Waals surface area (Å²) in [6.07, 6.45) is 0. The first-order valence-corrected chi connectivity index (χ1v) is 6.21. The Morgan fingerprint density at radius 3 is 2.71 bits per heavy atom. The Balaban J connectivity index is 2.14. The number of amides is 1. The summed E-state index contributed by atoms with van der Waals surface area (Å²) in [4.78, 5) is 16.4. The van der Waals surface area contributed by atoms with Crippen LogP contribution in [0.2, 0.25) is 5.02 Å². The Morgan fingerprint density at radius 1 is 1.35 bits per heavy atom. The van der Waals surface area contributed by atoms with Gasteiger partial charge in [0, 0.05) is 25.7 Å². The summed E-state index contributed by atoms with van der Waals surface area (Å²) >= 11 is 6.05. The van der Waals surface area contributed by atoms with E-state index in [1.807, 2.05) is 17.0 Å². The minimum absolute atomic E-state index is 0.0375. The van der Waals surface area contributed by atoms with Gasteiger partial charge in [0.1, 0.15) is 0 Å². The van der Waals surface area contributed by atoms with Gasteiger partial charge in [0.25, 0.3) is 5.91 Å². The first-order chi connectivity index (χ1) is 8.09. The molecule has 17 heavy (non-hydrogen) atoms. The van der Waals surface area contributed by atoms with Crippen molar-refractivity contribution in [1.29, 1.82) is 0 Å². The quantitative estimate of drug-likeness (QED) is 0.764. The van der Waals surface area contributed by atoms with Gasteiger partial charge >= 0.3 is 0 Å². The number of halogens is 1. The van der Waals surface area contributed by atoms with Crippen molar-refractivity contribution in [2.75, 3.05) is 26.7 Å². The lowest BCUT2D eigenvalue weighted by Gasteiger charge is -2.37. The van der Waals surface area contributed by atoms with Crippen molar-refractivity contribution in [1.82, 2.24) is 9.80 Å². The number of piperazine rings is 1. The fourth-order valence-electron chi connectivity index (χ4n) is 2.04. The molecule has 1 aromatic carbocycles. The standard InChI is InChI=1S/C13H17ClN2O/c1-10-9-16(8-7-15(10)2)13(17)11-5-3-4-6-12(11)14/h3-6,10H,7-9H2,1-2H3. The van der Waals surface area contributed by atoms with Crippen molar-refractivity contribution in [3.63, 3.8) is 0 Å². The largest absolute Gasteiger partial charge is 0.336 e. The van der Waals surface area contributed by atoms with Crippen LogP contribution in [-0.4, -0.2) is 48.4 Å². The van der Waals surface area contributed by atoms with Gasteiger partial charge < -0.3 is 9.80 Å². The van der Waals surface area contributed by atoms with Crippen molar-refractivity contribution < 1.29 is 4.79 Å². The molecule has 0 spiro atoms. The van der Waals surface area contributed by atoms with Crippen molar-refractivity contribution >= 4 is 17.5 Å². The van der Waals surface area contributed by atoms with Crippen LogP contribution in [0.4, 0.5) is 0 Å². The number of rotatable bonds is 1. The maximum absolute atomic E-state index is 12.3. The summed E-state index contributed by atoms with van der Waals surface area (Å²) in [5.74, 6) is 0.0375. The van der Waals surface area contributed by atoms with E-state index >= 15 is 0 Å². The summed E-state index contributed by atoms with van der Waals surface area (Å²) in [5.41, 5.74) is 0.603. The molecule has 1 aliphatic rings. The molecule has 0 N–H and O–H groups in total. The topological polar surface area (TPSA) is 23.6 Å². The number of carbonyl (C=O) groups excluding carboxylic acids is 1. The van der Waals surface area contributed by atoms with Crippen LogP contribution in [0.25, 0.3) is 0 Å². The van der Waals surface area contributed by atoms with Crippen molar-refractivity contribution in [3.8, 4) is 0 Å². The van der Waals surface area contributed by atoms with Crippen LogP contribution < -0.4 is 0 Å². The van der Waals surface area contributed by atoms with Gasteiger partial charge in [-0.1, -0.05) is 23.7 Å². The monoisotopic (exact) mass is 252 g/mol. The second kappa shape index (κ2) is 5.07. The van der Waals surface area contributed by atoms with E-state index in [1.165, 1.54) is 0 Å². The van der Waals surface area contributed by atoms with E-state index in [0.717, 1.165) is 19.6 Å². The van der Waals surface area contributed by atoms with Crippen molar-refractivity contribution in [2.24, 2.45) is 0 Å². The molecule has 0 radical (unpaired) electrons. The van der Waals surface area contributed by atoms with E-state index in [1.54, 1.807) is 12.1 Å². The smallest absolute Gasteiger partial charge is 0.255 e. The molecule has 3 nitrogen and oxygen atoms in total. The maximum Gasteiger partial charge on any atom is 0.255 e. The van der Waals surface area contributed by atoms with Gasteiger partial charge in [-0.05, 0) is 26.1 Å². The molecular formula is C13H17ClN2O. The summed E-state index contributed by atoms with van der Waals surface area (Å²) in [6.45, 7) is 4.58. The third kappa shape index (κ3) is 2.61. The first-order valence-electron chi connectivity index (χ1n) is 5.83. The Morgan fingerprint density at radius 2 is 2.06 bits per heavy atom. The Kier molecular flexibility index (Phi) is 3.69. The number of carbonyl (C=O) groups is 1. The van der Waals surface area contributed by atoms with Crippen LogP contribution in [0.5, 0.6) is 0 Å². The van der Waals surface area contributed by atoms with E-state index < -0.39 is 0 Å². The average Bonchev–Trinajstić information content (AvgIpc) is 2.32. The zero-order valence-electron chi connectivity index (χ0n) is 10.2. The molecule has 92 valence electrons. The maximum atomic E-state index is 12.3. The van der Waals surface area contributed by atoms with Gasteiger partial charge in [0.2, 0.25) is 0 Å². The molecule has 0 aromatic heterocycles. The molecule has 0 saturated carbocycles. The number of hydrogen-bond acceptors (Lipinski definition) is 2. The van der Waals surface area contributed by atoms with Gasteiger partial charge in [-0.15, -0.1) is 0 Å². The molecule has 2 rings (SSSR count). The predicted molar refractivity (Wildman–Crippen MR) is 69.4 cm³/mol. The van der Waals surface area contributed by atoms with E-state index in [9.17, 15) is 4.79 Å². The molecule has 0 aliphatic carbocycles. The molecule has 1 aromatic rings. The Hall–Kier alpha value is -1.06. The summed E-state index contributed by atoms with van der Waals surface area (Å²) < 4.78 is 0. The predicted octanol–water partition coefficient (Wildman–Crippen LogP) is 2.12. The molecule has 0 bridgehead atoms. The fourth-order valence-corrected chi connectivity index (χ4v) is 2.25. The van der Waals surface area contributed by atoms with Gasteiger partial charge in [-0.25, -0.2) is 0 Å². The van der Waals surface area contributed by atoms with E-state index in [4.69, 9.17) is 11.6 Å². The molecule has 1 amide bonds. The highest BCUT2D eigenvalue weighted by atomic mass is 35.5. The summed E-state index contributed by atoms with van der Waals surface area (Å²) in [6, 6.07) is 7.63. The van der Waals surface area contributed by atoms with Crippen LogP contribution >= 0.6 is 11.6 Å². The third-order valence-corrected chi connectivity index (χ3v) is 3.68. The highest BCUT2D eigenvalue weighted by molar-refractivity contribution is 6.33. The van der Waals surface area contributed by atoms with Crippen molar-refractivity contribution in [2.45, 2.75) is 13.0 Å². The lowest BCUT2D eigenvalue weighted by atomic mass is 10.1. The van der Waals surface area contributed by atoms with E-state index in [2.05, 4.69) is 18.9 Å². The zero-order chi connectivity index (χ0) is 12.4. The number of nitrogens with zero attached hydrogens (tertiary/aromatic N) is 2. The molecule has 1 aliphatic heterocycles. The van der Waals surface area contributed by atoms with Crippen LogP contribution in [0.15, 0.2) is 24.3 Å². The molecular weight excluding hydrogens is 236 g/mol. The number of benzene rings is 1. The third-order valence-electron chi connectivity index (χ3n) is 3.35.